The summed E-state index contributed by atoms with van der Waals surface area (Å²) in [5.74, 6) is 1.87. The van der Waals surface area contributed by atoms with E-state index in [1.807, 2.05) is 6.20 Å². The van der Waals surface area contributed by atoms with Crippen molar-refractivity contribution < 1.29 is 21.1 Å². The molecule has 0 bridgehead atoms. The molecule has 3 heterocycles. The predicted octanol–water partition coefficient (Wildman–Crippen LogP) is 18.8. The number of fused-ring (bicyclic) bond motifs is 7. The Balaban J connectivity index is 0.00000631. The molecule has 3 aromatic heterocycles. The monoisotopic (exact) mass is 1180 g/mol. The van der Waals surface area contributed by atoms with Gasteiger partial charge >= 0.3 is 21.1 Å². The summed E-state index contributed by atoms with van der Waals surface area (Å²) < 4.78 is 2.42. The van der Waals surface area contributed by atoms with Gasteiger partial charge in [-0.1, -0.05) is 204 Å². The Morgan fingerprint density at radius 3 is 1.88 bits per heavy atom. The van der Waals surface area contributed by atoms with Crippen LogP contribution in [0.15, 0.2) is 176 Å². The van der Waals surface area contributed by atoms with Crippen LogP contribution in [0.1, 0.15) is 151 Å². The second-order valence-electron chi connectivity index (χ2n) is 24.3. The van der Waals surface area contributed by atoms with E-state index in [0.717, 1.165) is 78.0 Å². The minimum Gasteiger partial charge on any atom is -0.656 e. The van der Waals surface area contributed by atoms with Gasteiger partial charge in [-0.3, -0.25) is 9.55 Å². The van der Waals surface area contributed by atoms with Gasteiger partial charge in [0, 0.05) is 17.4 Å². The van der Waals surface area contributed by atoms with E-state index in [9.17, 15) is 0 Å². The van der Waals surface area contributed by atoms with Gasteiger partial charge in [0.05, 0.1) is 22.1 Å². The molecule has 0 spiro atoms. The Kier molecular flexibility index (Phi) is 13.1. The molecule has 0 amide bonds. The number of para-hydroxylation sites is 1. The Morgan fingerprint density at radius 1 is 0.558 bits per heavy atom. The summed E-state index contributed by atoms with van der Waals surface area (Å²) in [6.07, 6.45) is 2.01. The zero-order valence-corrected chi connectivity index (χ0v) is 48.9. The molecule has 0 atom stereocenters. The van der Waals surface area contributed by atoms with E-state index in [2.05, 4.69) is 264 Å². The summed E-state index contributed by atoms with van der Waals surface area (Å²) in [6.45, 7) is 27.6. The number of hydrogen-bond donors (Lipinski definition) is 0. The first kappa shape index (κ1) is 51.9. The van der Waals surface area contributed by atoms with Gasteiger partial charge in [0.25, 0.3) is 0 Å². The summed E-state index contributed by atoms with van der Waals surface area (Å²) in [7, 11) is 0. The largest absolute Gasteiger partial charge is 2.00 e. The van der Waals surface area contributed by atoms with Crippen molar-refractivity contribution in [1.29, 1.82) is 0 Å². The average Bonchev–Trinajstić information content (AvgIpc) is 4.32. The van der Waals surface area contributed by atoms with Crippen molar-refractivity contribution in [1.82, 2.24) is 19.5 Å². The van der Waals surface area contributed by atoms with Crippen molar-refractivity contribution in [3.05, 3.63) is 232 Å². The van der Waals surface area contributed by atoms with E-state index in [1.54, 1.807) is 0 Å². The fraction of sp³-hybridized carbons (Fsp3) is 0.250. The fourth-order valence-electron chi connectivity index (χ4n) is 12.4. The van der Waals surface area contributed by atoms with Crippen molar-refractivity contribution >= 4 is 32.8 Å². The Morgan fingerprint density at radius 2 is 1.22 bits per heavy atom. The van der Waals surface area contributed by atoms with Crippen LogP contribution in [0.25, 0.3) is 83.3 Å². The van der Waals surface area contributed by atoms with Crippen LogP contribution in [0.2, 0.25) is 0 Å². The molecule has 0 fully saturated rings. The molecule has 386 valence electrons. The van der Waals surface area contributed by atoms with E-state index in [-0.39, 0.29) is 31.9 Å². The Hall–Kier alpha value is -7.13. The third kappa shape index (κ3) is 8.54. The molecule has 8 aromatic carbocycles. The Labute approximate surface area is 470 Å². The van der Waals surface area contributed by atoms with E-state index >= 15 is 0 Å². The van der Waals surface area contributed by atoms with Gasteiger partial charge in [-0.15, -0.1) is 45.9 Å². The molecule has 1 aliphatic rings. The normalized spacial score (nSPS) is 13.3. The number of nitrogens with zero attached hydrogens (tertiary/aromatic N) is 4. The summed E-state index contributed by atoms with van der Waals surface area (Å²) in [4.78, 5) is 16.9. The molecule has 4 nitrogen and oxygen atoms in total. The fourth-order valence-corrected chi connectivity index (χ4v) is 12.4. The first-order chi connectivity index (χ1) is 36.4. The van der Waals surface area contributed by atoms with Crippen LogP contribution in [0, 0.1) is 6.07 Å². The topological polar surface area (TPSA) is 44.8 Å². The molecular formula is C72H68N4Pt. The first-order valence-corrected chi connectivity index (χ1v) is 27.4. The molecule has 0 unspecified atom stereocenters. The number of rotatable bonds is 9. The van der Waals surface area contributed by atoms with Crippen LogP contribution in [-0.2, 0) is 37.3 Å². The Bertz CT molecular complexity index is 4010. The summed E-state index contributed by atoms with van der Waals surface area (Å²) in [5, 5.41) is 2.34. The zero-order valence-electron chi connectivity index (χ0n) is 46.6. The molecule has 0 saturated carbocycles. The van der Waals surface area contributed by atoms with Crippen LogP contribution >= 0.6 is 0 Å². The van der Waals surface area contributed by atoms with Gasteiger partial charge in [-0.05, 0) is 137 Å². The van der Waals surface area contributed by atoms with Gasteiger partial charge in [0.2, 0.25) is 0 Å². The van der Waals surface area contributed by atoms with Crippen molar-refractivity contribution in [2.45, 2.75) is 117 Å². The number of aromatic nitrogens is 4. The number of imidazole rings is 1. The zero-order chi connectivity index (χ0) is 53.0. The summed E-state index contributed by atoms with van der Waals surface area (Å²) in [5.41, 5.74) is 22.7. The van der Waals surface area contributed by atoms with Crippen LogP contribution in [0.5, 0.6) is 0 Å². The van der Waals surface area contributed by atoms with E-state index in [4.69, 9.17) is 15.0 Å². The standard InChI is InChI=1S/C72H68N4.Pt/c1-43(2)47-34-35-73-65(40-47)72(60-27-18-16-24-55(60)56-25-17-19-28-61(56)72)51-37-49(36-50(41-51)70(7,8)9)54-26-20-31-64-68(54)75-69(76(64)52-32-33-53(44(3)4)57(42-52)45(5)6)59-39-48(46-22-14-13-15-23-46)38-58-66-62(71(10,11)12)29-21-30-63(66)74-67(58)59;/h13-36,38-45H,1-12H3;/q-2;+2. The van der Waals surface area contributed by atoms with Crippen LogP contribution in [-0.4, -0.2) is 14.5 Å². The molecular weight excluding hydrogens is 1120 g/mol. The van der Waals surface area contributed by atoms with Gasteiger partial charge in [0.1, 0.15) is 5.82 Å². The van der Waals surface area contributed by atoms with Crippen LogP contribution < -0.4 is 4.98 Å². The van der Waals surface area contributed by atoms with Gasteiger partial charge < -0.3 is 4.98 Å². The quantitative estimate of drug-likeness (QED) is 0.135. The van der Waals surface area contributed by atoms with E-state index in [1.165, 1.54) is 55.5 Å². The SMILES string of the molecule is CC(C)c1ccnc(C2(c3[c-]c(-c4cccc5c4nc(-c4cc(-c6ccccc6)cc6c4[n-]c4cccc(C(C)(C)C)c46)n5-c4ccc(C(C)C)c(C(C)C)c4)cc(C(C)(C)C)c3)c3ccccc3-c3ccccc32)c1.[Pt+2]. The number of hydrogen-bond acceptors (Lipinski definition) is 2. The van der Waals surface area contributed by atoms with Gasteiger partial charge in [-0.2, -0.15) is 0 Å². The molecule has 1 aliphatic carbocycles. The van der Waals surface area contributed by atoms with Crippen molar-refractivity contribution in [3.8, 4) is 50.5 Å². The van der Waals surface area contributed by atoms with E-state index < -0.39 is 5.41 Å². The molecule has 0 N–H and O–H groups in total. The molecule has 5 heteroatoms. The second-order valence-corrected chi connectivity index (χ2v) is 24.3. The smallest absolute Gasteiger partial charge is 0.656 e. The third-order valence-corrected chi connectivity index (χ3v) is 16.3. The molecule has 0 saturated heterocycles. The van der Waals surface area contributed by atoms with Gasteiger partial charge in [-0.25, -0.2) is 4.98 Å². The van der Waals surface area contributed by atoms with Gasteiger partial charge in [0.15, 0.2) is 0 Å². The molecule has 0 aliphatic heterocycles. The van der Waals surface area contributed by atoms with Crippen molar-refractivity contribution in [2.24, 2.45) is 0 Å². The van der Waals surface area contributed by atoms with Crippen LogP contribution in [0.3, 0.4) is 0 Å². The predicted molar refractivity (Wildman–Crippen MR) is 319 cm³/mol. The number of pyridine rings is 1. The third-order valence-electron chi connectivity index (χ3n) is 16.3. The maximum Gasteiger partial charge on any atom is 2.00 e. The number of benzene rings is 8. The van der Waals surface area contributed by atoms with Crippen molar-refractivity contribution in [3.63, 3.8) is 0 Å². The average molecular weight is 1180 g/mol. The van der Waals surface area contributed by atoms with E-state index in [0.29, 0.717) is 17.8 Å². The maximum atomic E-state index is 5.98. The van der Waals surface area contributed by atoms with Crippen LogP contribution in [0.4, 0.5) is 0 Å². The molecule has 11 aromatic rings. The summed E-state index contributed by atoms with van der Waals surface area (Å²) in [6, 6.07) is 67.4. The minimum atomic E-state index is -0.751. The first-order valence-electron chi connectivity index (χ1n) is 27.4. The second kappa shape index (κ2) is 19.4. The molecule has 12 rings (SSSR count). The maximum absolute atomic E-state index is 5.98. The van der Waals surface area contributed by atoms with Crippen molar-refractivity contribution in [2.75, 3.05) is 0 Å². The molecule has 77 heavy (non-hydrogen) atoms. The summed E-state index contributed by atoms with van der Waals surface area (Å²) >= 11 is 0. The molecule has 0 radical (unpaired) electrons. The minimum absolute atomic E-state index is 0.